The average molecular weight is 309 g/mol. The number of halogens is 1. The Morgan fingerprint density at radius 3 is 2.67 bits per heavy atom. The SMILES string of the molecule is Cc1noc(C)c1CC(=O)Nc1cc(Cl)ccc1C(=O)O. The molecule has 0 saturated heterocycles. The quantitative estimate of drug-likeness (QED) is 0.906. The lowest BCUT2D eigenvalue weighted by atomic mass is 10.1. The van der Waals surface area contributed by atoms with E-state index in [4.69, 9.17) is 21.2 Å². The van der Waals surface area contributed by atoms with Gasteiger partial charge in [-0.15, -0.1) is 0 Å². The number of benzene rings is 1. The van der Waals surface area contributed by atoms with Crippen LogP contribution in [-0.4, -0.2) is 22.1 Å². The molecule has 1 heterocycles. The van der Waals surface area contributed by atoms with E-state index in [0.29, 0.717) is 22.0 Å². The summed E-state index contributed by atoms with van der Waals surface area (Å²) in [4.78, 5) is 23.2. The van der Waals surface area contributed by atoms with Crippen LogP contribution in [0.1, 0.15) is 27.4 Å². The summed E-state index contributed by atoms with van der Waals surface area (Å²) in [5.41, 5.74) is 1.46. The maximum absolute atomic E-state index is 12.1. The van der Waals surface area contributed by atoms with Crippen LogP contribution < -0.4 is 5.32 Å². The van der Waals surface area contributed by atoms with Gasteiger partial charge in [0.1, 0.15) is 5.76 Å². The first-order valence-electron chi connectivity index (χ1n) is 6.13. The Morgan fingerprint density at radius 1 is 1.38 bits per heavy atom. The number of rotatable bonds is 4. The van der Waals surface area contributed by atoms with Gasteiger partial charge in [0.15, 0.2) is 0 Å². The van der Waals surface area contributed by atoms with Crippen molar-refractivity contribution in [2.75, 3.05) is 5.32 Å². The van der Waals surface area contributed by atoms with Crippen LogP contribution >= 0.6 is 11.6 Å². The molecule has 2 aromatic rings. The van der Waals surface area contributed by atoms with E-state index in [0.717, 1.165) is 0 Å². The van der Waals surface area contributed by atoms with Crippen LogP contribution in [0.15, 0.2) is 22.7 Å². The molecule has 7 heteroatoms. The highest BCUT2D eigenvalue weighted by Crippen LogP contribution is 2.22. The molecule has 0 atom stereocenters. The fourth-order valence-corrected chi connectivity index (χ4v) is 2.09. The van der Waals surface area contributed by atoms with Crippen LogP contribution in [0.2, 0.25) is 5.02 Å². The molecule has 0 fully saturated rings. The number of carbonyl (C=O) groups is 2. The number of carboxylic acids is 1. The van der Waals surface area contributed by atoms with Gasteiger partial charge in [-0.05, 0) is 32.0 Å². The molecule has 0 saturated carbocycles. The van der Waals surface area contributed by atoms with Gasteiger partial charge >= 0.3 is 5.97 Å². The van der Waals surface area contributed by atoms with Gasteiger partial charge in [-0.25, -0.2) is 4.79 Å². The molecular weight excluding hydrogens is 296 g/mol. The van der Waals surface area contributed by atoms with Crippen LogP contribution in [0.5, 0.6) is 0 Å². The predicted molar refractivity (Wildman–Crippen MR) is 76.7 cm³/mol. The first kappa shape index (κ1) is 15.1. The van der Waals surface area contributed by atoms with Crippen LogP contribution in [0.4, 0.5) is 5.69 Å². The van der Waals surface area contributed by atoms with E-state index in [2.05, 4.69) is 10.5 Å². The standard InChI is InChI=1S/C14H13ClN2O4/c1-7-11(8(2)21-17-7)6-13(18)16-12-5-9(15)3-4-10(12)14(19)20/h3-5H,6H2,1-2H3,(H,16,18)(H,19,20). The minimum absolute atomic E-state index is 0.0217. The van der Waals surface area contributed by atoms with Crippen molar-refractivity contribution in [3.63, 3.8) is 0 Å². The Balaban J connectivity index is 2.20. The Labute approximate surface area is 125 Å². The van der Waals surface area contributed by atoms with E-state index in [1.807, 2.05) is 0 Å². The minimum atomic E-state index is -1.14. The van der Waals surface area contributed by atoms with Gasteiger partial charge in [-0.1, -0.05) is 16.8 Å². The van der Waals surface area contributed by atoms with E-state index >= 15 is 0 Å². The Hall–Kier alpha value is -2.34. The number of carbonyl (C=O) groups excluding carboxylic acids is 1. The number of aromatic carboxylic acids is 1. The van der Waals surface area contributed by atoms with E-state index in [1.54, 1.807) is 13.8 Å². The summed E-state index contributed by atoms with van der Waals surface area (Å²) in [6.07, 6.45) is 0.0484. The van der Waals surface area contributed by atoms with Crippen molar-refractivity contribution in [1.82, 2.24) is 5.16 Å². The van der Waals surface area contributed by atoms with Crippen molar-refractivity contribution in [1.29, 1.82) is 0 Å². The monoisotopic (exact) mass is 308 g/mol. The van der Waals surface area contributed by atoms with Crippen LogP contribution in [0, 0.1) is 13.8 Å². The molecule has 2 rings (SSSR count). The van der Waals surface area contributed by atoms with E-state index < -0.39 is 5.97 Å². The van der Waals surface area contributed by atoms with Gasteiger partial charge in [-0.3, -0.25) is 4.79 Å². The third-order valence-corrected chi connectivity index (χ3v) is 3.24. The summed E-state index contributed by atoms with van der Waals surface area (Å²) in [7, 11) is 0. The maximum Gasteiger partial charge on any atom is 0.337 e. The summed E-state index contributed by atoms with van der Waals surface area (Å²) in [5, 5.41) is 15.8. The average Bonchev–Trinajstić information content (AvgIpc) is 2.70. The molecule has 110 valence electrons. The Bertz CT molecular complexity index is 689. The molecular formula is C14H13ClN2O4. The predicted octanol–water partition coefficient (Wildman–Crippen LogP) is 2.82. The fourth-order valence-electron chi connectivity index (χ4n) is 1.92. The molecule has 1 amide bonds. The normalized spacial score (nSPS) is 10.4. The molecule has 0 aliphatic heterocycles. The number of nitrogens with one attached hydrogen (secondary N) is 1. The molecule has 21 heavy (non-hydrogen) atoms. The van der Waals surface area contributed by atoms with Crippen molar-refractivity contribution >= 4 is 29.2 Å². The summed E-state index contributed by atoms with van der Waals surface area (Å²) in [6, 6.07) is 4.20. The Kier molecular flexibility index (Phi) is 4.28. The van der Waals surface area contributed by atoms with Gasteiger partial charge in [0, 0.05) is 10.6 Å². The number of carboxylic acid groups (broad SMARTS) is 1. The van der Waals surface area contributed by atoms with Crippen molar-refractivity contribution in [2.24, 2.45) is 0 Å². The maximum atomic E-state index is 12.1. The number of hydrogen-bond donors (Lipinski definition) is 2. The van der Waals surface area contributed by atoms with Crippen molar-refractivity contribution in [3.8, 4) is 0 Å². The first-order valence-corrected chi connectivity index (χ1v) is 6.50. The zero-order chi connectivity index (χ0) is 15.6. The molecule has 2 N–H and O–H groups in total. The molecule has 0 bridgehead atoms. The molecule has 0 unspecified atom stereocenters. The summed E-state index contributed by atoms with van der Waals surface area (Å²) >= 11 is 5.83. The van der Waals surface area contributed by atoms with E-state index in [9.17, 15) is 9.59 Å². The number of aromatic nitrogens is 1. The molecule has 1 aromatic heterocycles. The fraction of sp³-hybridized carbons (Fsp3) is 0.214. The second-order valence-corrected chi connectivity index (χ2v) is 4.96. The number of amides is 1. The number of aryl methyl sites for hydroxylation is 2. The second-order valence-electron chi connectivity index (χ2n) is 4.52. The number of hydrogen-bond acceptors (Lipinski definition) is 4. The van der Waals surface area contributed by atoms with Crippen LogP contribution in [-0.2, 0) is 11.2 Å². The molecule has 6 nitrogen and oxygen atoms in total. The van der Waals surface area contributed by atoms with E-state index in [1.165, 1.54) is 18.2 Å². The first-order chi connectivity index (χ1) is 9.88. The summed E-state index contributed by atoms with van der Waals surface area (Å²) < 4.78 is 4.98. The molecule has 0 radical (unpaired) electrons. The molecule has 0 aliphatic carbocycles. The van der Waals surface area contributed by atoms with Gasteiger partial charge in [0.25, 0.3) is 0 Å². The van der Waals surface area contributed by atoms with Gasteiger partial charge in [0.2, 0.25) is 5.91 Å². The molecule has 1 aromatic carbocycles. The largest absolute Gasteiger partial charge is 0.478 e. The molecule has 0 spiro atoms. The molecule has 0 aliphatic rings. The zero-order valence-electron chi connectivity index (χ0n) is 11.4. The highest BCUT2D eigenvalue weighted by Gasteiger charge is 2.16. The topological polar surface area (TPSA) is 92.4 Å². The number of anilines is 1. The highest BCUT2D eigenvalue weighted by atomic mass is 35.5. The third-order valence-electron chi connectivity index (χ3n) is 3.00. The second kappa shape index (κ2) is 5.97. The number of nitrogens with zero attached hydrogens (tertiary/aromatic N) is 1. The van der Waals surface area contributed by atoms with Gasteiger partial charge < -0.3 is 14.9 Å². The minimum Gasteiger partial charge on any atom is -0.478 e. The highest BCUT2D eigenvalue weighted by molar-refractivity contribution is 6.31. The van der Waals surface area contributed by atoms with Crippen molar-refractivity contribution in [2.45, 2.75) is 20.3 Å². The van der Waals surface area contributed by atoms with Gasteiger partial charge in [0.05, 0.1) is 23.4 Å². The van der Waals surface area contributed by atoms with Gasteiger partial charge in [-0.2, -0.15) is 0 Å². The lowest BCUT2D eigenvalue weighted by molar-refractivity contribution is -0.115. The van der Waals surface area contributed by atoms with Crippen molar-refractivity contribution < 1.29 is 19.2 Å². The summed E-state index contributed by atoms with van der Waals surface area (Å²) in [6.45, 7) is 3.45. The Morgan fingerprint density at radius 2 is 2.10 bits per heavy atom. The zero-order valence-corrected chi connectivity index (χ0v) is 12.2. The van der Waals surface area contributed by atoms with Crippen LogP contribution in [0.25, 0.3) is 0 Å². The summed E-state index contributed by atoms with van der Waals surface area (Å²) in [5.74, 6) is -0.944. The lowest BCUT2D eigenvalue weighted by Gasteiger charge is -2.09. The third kappa shape index (κ3) is 3.41. The lowest BCUT2D eigenvalue weighted by Crippen LogP contribution is -2.17. The smallest absolute Gasteiger partial charge is 0.337 e. The van der Waals surface area contributed by atoms with Crippen LogP contribution in [0.3, 0.4) is 0 Å². The van der Waals surface area contributed by atoms with Crippen molar-refractivity contribution in [3.05, 3.63) is 45.8 Å². The van der Waals surface area contributed by atoms with E-state index in [-0.39, 0.29) is 23.6 Å².